The van der Waals surface area contributed by atoms with Gasteiger partial charge in [-0.05, 0) is 19.1 Å². The number of oxime groups is 1. The van der Waals surface area contributed by atoms with Gasteiger partial charge in [-0.3, -0.25) is 5.32 Å². The van der Waals surface area contributed by atoms with E-state index in [1.54, 1.807) is 18.3 Å². The monoisotopic (exact) mass is 433 g/mol. The average molecular weight is 434 g/mol. The van der Waals surface area contributed by atoms with Crippen LogP contribution < -0.4 is 21.1 Å². The molecule has 2 aromatic heterocycles. The smallest absolute Gasteiger partial charge is 0.325 e. The van der Waals surface area contributed by atoms with Crippen LogP contribution in [0.15, 0.2) is 35.9 Å². The Morgan fingerprint density at radius 3 is 2.83 bits per heavy atom. The van der Waals surface area contributed by atoms with Gasteiger partial charge in [0, 0.05) is 17.1 Å². The van der Waals surface area contributed by atoms with E-state index in [1.165, 1.54) is 37.1 Å². The van der Waals surface area contributed by atoms with E-state index in [1.807, 2.05) is 6.92 Å². The molecule has 12 heteroatoms. The number of nitrogens with two attached hydrogens (primary N) is 1. The molecule has 0 unspecified atom stereocenters. The number of aryl methyl sites for hydroxylation is 1. The maximum Gasteiger partial charge on any atom is 0.325 e. The lowest BCUT2D eigenvalue weighted by Gasteiger charge is -2.11. The molecule has 0 spiro atoms. The number of benzene rings is 1. The number of rotatable bonds is 6. The van der Waals surface area contributed by atoms with Crippen molar-refractivity contribution >= 4 is 51.8 Å². The Bertz CT molecular complexity index is 1060. The van der Waals surface area contributed by atoms with E-state index < -0.39 is 6.03 Å². The Kier molecular flexibility index (Phi) is 6.42. The number of hydrogen-bond donors (Lipinski definition) is 3. The second-order valence-corrected chi connectivity index (χ2v) is 7.14. The maximum absolute atomic E-state index is 12.1. The molecule has 10 nitrogen and oxygen atoms in total. The third-order valence-electron chi connectivity index (χ3n) is 3.41. The van der Waals surface area contributed by atoms with E-state index in [2.05, 4.69) is 35.6 Å². The normalized spacial score (nSPS) is 10.7. The van der Waals surface area contributed by atoms with E-state index >= 15 is 0 Å². The van der Waals surface area contributed by atoms with Gasteiger partial charge in [0.25, 0.3) is 0 Å². The number of nitrogens with one attached hydrogen (secondary N) is 2. The summed E-state index contributed by atoms with van der Waals surface area (Å²) in [4.78, 5) is 29.7. The Morgan fingerprint density at radius 2 is 2.14 bits per heavy atom. The van der Waals surface area contributed by atoms with Crippen molar-refractivity contribution in [2.45, 2.75) is 6.92 Å². The number of nitrogens with zero attached hydrogens (tertiary/aromatic N) is 4. The number of thiazole rings is 1. The van der Waals surface area contributed by atoms with Crippen LogP contribution in [0.25, 0.3) is 0 Å². The number of nitrogen functional groups attached to an aromatic ring is 1. The molecule has 2 heterocycles. The molecule has 2 amide bonds. The van der Waals surface area contributed by atoms with E-state index in [4.69, 9.17) is 22.1 Å². The zero-order chi connectivity index (χ0) is 20.8. The number of carbonyl (C=O) groups is 1. The first kappa shape index (κ1) is 20.3. The molecule has 0 saturated carbocycles. The van der Waals surface area contributed by atoms with Crippen LogP contribution in [0.5, 0.6) is 11.6 Å². The highest BCUT2D eigenvalue weighted by atomic mass is 35.5. The van der Waals surface area contributed by atoms with Crippen LogP contribution in [0.4, 0.5) is 21.4 Å². The number of ether oxygens (including phenoxy) is 1. The van der Waals surface area contributed by atoms with Crippen molar-refractivity contribution in [3.05, 3.63) is 46.2 Å². The van der Waals surface area contributed by atoms with Gasteiger partial charge >= 0.3 is 6.03 Å². The van der Waals surface area contributed by atoms with Crippen molar-refractivity contribution in [3.8, 4) is 11.6 Å². The van der Waals surface area contributed by atoms with Gasteiger partial charge in [0.15, 0.2) is 5.13 Å². The molecule has 0 aliphatic carbocycles. The predicted molar refractivity (Wildman–Crippen MR) is 112 cm³/mol. The van der Waals surface area contributed by atoms with Gasteiger partial charge in [-0.2, -0.15) is 0 Å². The molecule has 1 aromatic carbocycles. The van der Waals surface area contributed by atoms with Crippen molar-refractivity contribution < 1.29 is 14.4 Å². The van der Waals surface area contributed by atoms with Crippen molar-refractivity contribution in [2.75, 3.05) is 23.5 Å². The minimum atomic E-state index is -0.462. The molecule has 150 valence electrons. The molecule has 0 aliphatic heterocycles. The summed E-state index contributed by atoms with van der Waals surface area (Å²) in [6, 6.07) is 4.28. The minimum absolute atomic E-state index is 0.173. The van der Waals surface area contributed by atoms with Crippen LogP contribution in [0.1, 0.15) is 10.4 Å². The fourth-order valence-corrected chi connectivity index (χ4v) is 3.01. The summed E-state index contributed by atoms with van der Waals surface area (Å²) in [7, 11) is 1.40. The fraction of sp³-hybridized carbons (Fsp3) is 0.118. The molecule has 0 atom stereocenters. The summed E-state index contributed by atoms with van der Waals surface area (Å²) in [6.45, 7) is 1.90. The zero-order valence-electron chi connectivity index (χ0n) is 15.3. The van der Waals surface area contributed by atoms with Crippen LogP contribution >= 0.6 is 22.9 Å². The maximum atomic E-state index is 12.1. The van der Waals surface area contributed by atoms with E-state index in [0.717, 1.165) is 4.88 Å². The van der Waals surface area contributed by atoms with E-state index in [0.29, 0.717) is 22.1 Å². The highest BCUT2D eigenvalue weighted by Crippen LogP contribution is 2.31. The van der Waals surface area contributed by atoms with Gasteiger partial charge in [0.05, 0.1) is 16.9 Å². The van der Waals surface area contributed by atoms with Crippen LogP contribution in [0, 0.1) is 6.92 Å². The number of aromatic nitrogens is 3. The van der Waals surface area contributed by atoms with Crippen molar-refractivity contribution in [2.24, 2.45) is 5.16 Å². The van der Waals surface area contributed by atoms with Crippen molar-refractivity contribution in [1.29, 1.82) is 0 Å². The number of urea groups is 1. The van der Waals surface area contributed by atoms with Crippen LogP contribution in [-0.4, -0.2) is 34.3 Å². The van der Waals surface area contributed by atoms with Gasteiger partial charge in [-0.1, -0.05) is 16.8 Å². The largest absolute Gasteiger partial charge is 0.438 e. The molecule has 0 bridgehead atoms. The van der Waals surface area contributed by atoms with E-state index in [9.17, 15) is 4.79 Å². The topological polar surface area (TPSA) is 137 Å². The first-order valence-corrected chi connectivity index (χ1v) is 9.30. The van der Waals surface area contributed by atoms with Crippen LogP contribution in [0.3, 0.4) is 0 Å². The van der Waals surface area contributed by atoms with Gasteiger partial charge < -0.3 is 20.6 Å². The van der Waals surface area contributed by atoms with E-state index in [-0.39, 0.29) is 16.7 Å². The highest BCUT2D eigenvalue weighted by molar-refractivity contribution is 7.15. The average Bonchev–Trinajstić information content (AvgIpc) is 3.08. The SMILES string of the molecule is CO/N=C/c1c(N)ncnc1Oc1ccc(NC(=O)Nc2ncc(C)s2)c(Cl)c1. The Hall–Kier alpha value is -3.44. The summed E-state index contributed by atoms with van der Waals surface area (Å²) < 4.78 is 5.73. The summed E-state index contributed by atoms with van der Waals surface area (Å²) in [5.74, 6) is 0.725. The summed E-state index contributed by atoms with van der Waals surface area (Å²) in [5.41, 5.74) is 6.58. The Morgan fingerprint density at radius 1 is 1.31 bits per heavy atom. The molecular formula is C17H16ClN7O3S. The minimum Gasteiger partial charge on any atom is -0.438 e. The zero-order valence-corrected chi connectivity index (χ0v) is 16.9. The molecule has 0 saturated heterocycles. The highest BCUT2D eigenvalue weighted by Gasteiger charge is 2.13. The van der Waals surface area contributed by atoms with Crippen LogP contribution in [0.2, 0.25) is 5.02 Å². The third-order valence-corrected chi connectivity index (χ3v) is 4.55. The van der Waals surface area contributed by atoms with Gasteiger partial charge in [0.1, 0.15) is 30.6 Å². The number of carbonyl (C=O) groups excluding carboxylic acids is 1. The summed E-state index contributed by atoms with van der Waals surface area (Å²) in [6.07, 6.45) is 4.27. The van der Waals surface area contributed by atoms with Gasteiger partial charge in [0.2, 0.25) is 5.88 Å². The molecule has 0 fully saturated rings. The Balaban J connectivity index is 1.72. The molecule has 4 N–H and O–H groups in total. The lowest BCUT2D eigenvalue weighted by atomic mass is 10.3. The first-order chi connectivity index (χ1) is 14.0. The van der Waals surface area contributed by atoms with Gasteiger partial charge in [-0.15, -0.1) is 11.3 Å². The second-order valence-electron chi connectivity index (χ2n) is 5.49. The lowest BCUT2D eigenvalue weighted by Crippen LogP contribution is -2.19. The number of anilines is 3. The third kappa shape index (κ3) is 5.30. The van der Waals surface area contributed by atoms with Crippen molar-refractivity contribution in [3.63, 3.8) is 0 Å². The summed E-state index contributed by atoms with van der Waals surface area (Å²) >= 11 is 7.63. The molecule has 29 heavy (non-hydrogen) atoms. The number of hydrogen-bond acceptors (Lipinski definition) is 9. The van der Waals surface area contributed by atoms with Gasteiger partial charge in [-0.25, -0.2) is 19.7 Å². The Labute approximate surface area is 174 Å². The summed E-state index contributed by atoms with van der Waals surface area (Å²) in [5, 5.41) is 9.70. The predicted octanol–water partition coefficient (Wildman–Crippen LogP) is 3.89. The molecule has 3 rings (SSSR count). The standard InChI is InChI=1S/C17H16ClN7O3S/c1-9-6-20-17(29-9)25-16(26)24-13-4-3-10(5-12(13)18)28-15-11(7-23-27-2)14(19)21-8-22-15/h3-8H,1-2H3,(H2,19,21,22)(H2,20,24,25,26)/b23-7+. The molecular weight excluding hydrogens is 418 g/mol. The van der Waals surface area contributed by atoms with Crippen LogP contribution in [-0.2, 0) is 4.84 Å². The lowest BCUT2D eigenvalue weighted by molar-refractivity contribution is 0.215. The quantitative estimate of drug-likeness (QED) is 0.396. The molecule has 3 aromatic rings. The molecule has 0 aliphatic rings. The number of amides is 2. The van der Waals surface area contributed by atoms with Crippen molar-refractivity contribution in [1.82, 2.24) is 15.0 Å². The number of halogens is 1. The first-order valence-electron chi connectivity index (χ1n) is 8.11. The molecule has 0 radical (unpaired) electrons. The second kappa shape index (κ2) is 9.17. The fourth-order valence-electron chi connectivity index (χ4n) is 2.14.